The molecule has 0 saturated heterocycles. The van der Waals surface area contributed by atoms with Gasteiger partial charge in [0.25, 0.3) is 5.56 Å². The molecule has 0 fully saturated rings. The molecule has 5 heteroatoms. The van der Waals surface area contributed by atoms with Crippen molar-refractivity contribution in [3.63, 3.8) is 0 Å². The molecule has 0 radical (unpaired) electrons. The summed E-state index contributed by atoms with van der Waals surface area (Å²) in [7, 11) is 1.56. The Labute approximate surface area is 97.3 Å². The topological polar surface area (TPSA) is 64.1 Å². The minimum atomic E-state index is -0.464. The van der Waals surface area contributed by atoms with Crippen molar-refractivity contribution in [3.8, 4) is 11.4 Å². The number of hydrogen-bond donors (Lipinski definition) is 1. The number of H-pyrrole nitrogens is 1. The monoisotopic (exact) mass is 232 g/mol. The lowest BCUT2D eigenvalue weighted by atomic mass is 10.3. The van der Waals surface area contributed by atoms with E-state index in [1.54, 1.807) is 38.3 Å². The largest absolute Gasteiger partial charge is 0.497 e. The second-order valence-electron chi connectivity index (χ2n) is 3.64. The Bertz CT molecular complexity index is 655. The van der Waals surface area contributed by atoms with Crippen molar-refractivity contribution >= 4 is 0 Å². The molecule has 0 aliphatic carbocycles. The molecule has 88 valence electrons. The van der Waals surface area contributed by atoms with Crippen molar-refractivity contribution in [1.29, 1.82) is 0 Å². The van der Waals surface area contributed by atoms with Gasteiger partial charge in [-0.3, -0.25) is 14.3 Å². The number of aromatic nitrogens is 2. The molecule has 1 heterocycles. The molecular weight excluding hydrogens is 220 g/mol. The van der Waals surface area contributed by atoms with Gasteiger partial charge in [-0.05, 0) is 19.1 Å². The van der Waals surface area contributed by atoms with Crippen LogP contribution in [0.5, 0.6) is 5.75 Å². The molecule has 0 bridgehead atoms. The number of ether oxygens (including phenoxy) is 1. The fraction of sp³-hybridized carbons (Fsp3) is 0.167. The first-order chi connectivity index (χ1) is 8.11. The van der Waals surface area contributed by atoms with Crippen LogP contribution in [0.4, 0.5) is 0 Å². The van der Waals surface area contributed by atoms with Crippen LogP contribution >= 0.6 is 0 Å². The maximum atomic E-state index is 11.7. The quantitative estimate of drug-likeness (QED) is 0.834. The minimum Gasteiger partial charge on any atom is -0.497 e. The Morgan fingerprint density at radius 2 is 2.06 bits per heavy atom. The Balaban J connectivity index is 2.64. The fourth-order valence-electron chi connectivity index (χ4n) is 1.52. The first kappa shape index (κ1) is 11.2. The van der Waals surface area contributed by atoms with Gasteiger partial charge in [0.1, 0.15) is 5.75 Å². The Hall–Kier alpha value is -2.30. The summed E-state index contributed by atoms with van der Waals surface area (Å²) >= 11 is 0. The second kappa shape index (κ2) is 4.29. The second-order valence-corrected chi connectivity index (χ2v) is 3.64. The van der Waals surface area contributed by atoms with Crippen LogP contribution in [0.3, 0.4) is 0 Å². The number of nitrogens with zero attached hydrogens (tertiary/aromatic N) is 1. The fourth-order valence-corrected chi connectivity index (χ4v) is 1.52. The van der Waals surface area contributed by atoms with E-state index >= 15 is 0 Å². The van der Waals surface area contributed by atoms with Crippen LogP contribution in [-0.4, -0.2) is 16.7 Å². The van der Waals surface area contributed by atoms with E-state index in [-0.39, 0.29) is 5.56 Å². The Kier molecular flexibility index (Phi) is 2.82. The van der Waals surface area contributed by atoms with E-state index in [2.05, 4.69) is 4.98 Å². The summed E-state index contributed by atoms with van der Waals surface area (Å²) in [6, 6.07) is 7.05. The highest BCUT2D eigenvalue weighted by molar-refractivity contribution is 5.39. The lowest BCUT2D eigenvalue weighted by Crippen LogP contribution is -2.29. The van der Waals surface area contributed by atoms with Gasteiger partial charge in [0.2, 0.25) is 0 Å². The molecule has 0 aliphatic rings. The molecule has 0 unspecified atom stereocenters. The van der Waals surface area contributed by atoms with Crippen LogP contribution in [0.25, 0.3) is 5.69 Å². The van der Waals surface area contributed by atoms with Crippen molar-refractivity contribution in [2.24, 2.45) is 0 Å². The third-order valence-corrected chi connectivity index (χ3v) is 2.45. The molecule has 1 N–H and O–H groups in total. The van der Waals surface area contributed by atoms with Crippen LogP contribution in [0.2, 0.25) is 0 Å². The van der Waals surface area contributed by atoms with Crippen LogP contribution in [0.15, 0.2) is 40.1 Å². The molecule has 0 aliphatic heterocycles. The zero-order valence-electron chi connectivity index (χ0n) is 9.56. The van der Waals surface area contributed by atoms with Crippen molar-refractivity contribution in [1.82, 2.24) is 9.55 Å². The van der Waals surface area contributed by atoms with Crippen molar-refractivity contribution in [2.45, 2.75) is 6.92 Å². The highest BCUT2D eigenvalue weighted by atomic mass is 16.5. The SMILES string of the molecule is COc1cccc(-n2cc(C)c(=O)[nH]c2=O)c1. The number of rotatable bonds is 2. The molecular formula is C12H12N2O3. The van der Waals surface area contributed by atoms with Gasteiger partial charge in [0.05, 0.1) is 12.8 Å². The summed E-state index contributed by atoms with van der Waals surface area (Å²) in [5.74, 6) is 0.651. The summed E-state index contributed by atoms with van der Waals surface area (Å²) in [6.07, 6.45) is 1.51. The van der Waals surface area contributed by atoms with E-state index in [0.717, 1.165) is 0 Å². The standard InChI is InChI=1S/C12H12N2O3/c1-8-7-14(12(16)13-11(8)15)9-4-3-5-10(6-9)17-2/h3-7H,1-2H3,(H,13,15,16). The Morgan fingerprint density at radius 1 is 1.29 bits per heavy atom. The van der Waals surface area contributed by atoms with Crippen molar-refractivity contribution in [3.05, 3.63) is 56.9 Å². The van der Waals surface area contributed by atoms with E-state index in [0.29, 0.717) is 17.0 Å². The lowest BCUT2D eigenvalue weighted by Gasteiger charge is -2.07. The van der Waals surface area contributed by atoms with E-state index in [9.17, 15) is 9.59 Å². The maximum Gasteiger partial charge on any atom is 0.332 e. The van der Waals surface area contributed by atoms with E-state index in [4.69, 9.17) is 4.74 Å². The number of benzene rings is 1. The molecule has 2 aromatic rings. The zero-order chi connectivity index (χ0) is 12.4. The molecule has 0 atom stereocenters. The van der Waals surface area contributed by atoms with Crippen LogP contribution in [-0.2, 0) is 0 Å². The lowest BCUT2D eigenvalue weighted by molar-refractivity contribution is 0.414. The van der Waals surface area contributed by atoms with Gasteiger partial charge in [-0.1, -0.05) is 6.07 Å². The molecule has 0 amide bonds. The van der Waals surface area contributed by atoms with Gasteiger partial charge < -0.3 is 4.74 Å². The number of aromatic amines is 1. The molecule has 5 nitrogen and oxygen atoms in total. The van der Waals surface area contributed by atoms with Crippen LogP contribution < -0.4 is 16.0 Å². The van der Waals surface area contributed by atoms with E-state index < -0.39 is 5.69 Å². The molecule has 1 aromatic heterocycles. The van der Waals surface area contributed by atoms with Gasteiger partial charge in [-0.15, -0.1) is 0 Å². The number of nitrogens with one attached hydrogen (secondary N) is 1. The highest BCUT2D eigenvalue weighted by Gasteiger charge is 2.03. The van der Waals surface area contributed by atoms with Crippen LogP contribution in [0.1, 0.15) is 5.56 Å². The summed E-state index contributed by atoms with van der Waals surface area (Å²) in [4.78, 5) is 25.2. The maximum absolute atomic E-state index is 11.7. The van der Waals surface area contributed by atoms with E-state index in [1.165, 1.54) is 10.8 Å². The summed E-state index contributed by atoms with van der Waals surface area (Å²) < 4.78 is 6.46. The molecule has 2 rings (SSSR count). The average Bonchev–Trinajstić information content (AvgIpc) is 2.34. The summed E-state index contributed by atoms with van der Waals surface area (Å²) in [5.41, 5.74) is 0.295. The van der Waals surface area contributed by atoms with Crippen LogP contribution in [0, 0.1) is 6.92 Å². The first-order valence-electron chi connectivity index (χ1n) is 5.09. The van der Waals surface area contributed by atoms with Gasteiger partial charge in [-0.2, -0.15) is 0 Å². The van der Waals surface area contributed by atoms with Gasteiger partial charge >= 0.3 is 5.69 Å². The minimum absolute atomic E-state index is 0.367. The average molecular weight is 232 g/mol. The summed E-state index contributed by atoms with van der Waals surface area (Å²) in [6.45, 7) is 1.65. The van der Waals surface area contributed by atoms with E-state index in [1.807, 2.05) is 0 Å². The van der Waals surface area contributed by atoms with Gasteiger partial charge in [-0.25, -0.2) is 4.79 Å². The van der Waals surface area contributed by atoms with Crippen molar-refractivity contribution < 1.29 is 4.74 Å². The normalized spacial score (nSPS) is 10.2. The predicted octanol–water partition coefficient (Wildman–Crippen LogP) is 0.843. The molecule has 17 heavy (non-hydrogen) atoms. The predicted molar refractivity (Wildman–Crippen MR) is 63.9 cm³/mol. The van der Waals surface area contributed by atoms with Gasteiger partial charge in [0, 0.05) is 17.8 Å². The van der Waals surface area contributed by atoms with Gasteiger partial charge in [0.15, 0.2) is 0 Å². The number of aryl methyl sites for hydroxylation is 1. The molecule has 1 aromatic carbocycles. The zero-order valence-corrected chi connectivity index (χ0v) is 9.56. The third-order valence-electron chi connectivity index (χ3n) is 2.45. The highest BCUT2D eigenvalue weighted by Crippen LogP contribution is 2.14. The van der Waals surface area contributed by atoms with Crippen molar-refractivity contribution in [2.75, 3.05) is 7.11 Å². The number of methoxy groups -OCH3 is 1. The Morgan fingerprint density at radius 3 is 2.76 bits per heavy atom. The summed E-state index contributed by atoms with van der Waals surface area (Å²) in [5, 5.41) is 0. The smallest absolute Gasteiger partial charge is 0.332 e. The number of hydrogen-bond acceptors (Lipinski definition) is 3. The molecule has 0 spiro atoms. The third kappa shape index (κ3) is 2.13. The first-order valence-corrected chi connectivity index (χ1v) is 5.09. The molecule has 0 saturated carbocycles.